The van der Waals surface area contributed by atoms with Crippen LogP contribution in [0.25, 0.3) is 0 Å². The fourth-order valence-electron chi connectivity index (χ4n) is 4.22. The molecule has 3 aromatic rings. The maximum Gasteiger partial charge on any atom is 0.337 e. The van der Waals surface area contributed by atoms with E-state index in [0.717, 1.165) is 48.6 Å². The van der Waals surface area contributed by atoms with Crippen molar-refractivity contribution < 1.29 is 9.90 Å². The van der Waals surface area contributed by atoms with Gasteiger partial charge >= 0.3 is 5.97 Å². The highest BCUT2D eigenvalue weighted by molar-refractivity contribution is 6.30. The first-order valence-corrected chi connectivity index (χ1v) is 11.5. The van der Waals surface area contributed by atoms with Gasteiger partial charge in [-0.1, -0.05) is 41.9 Å². The predicted octanol–water partition coefficient (Wildman–Crippen LogP) is 5.51. The average Bonchev–Trinajstić information content (AvgIpc) is 3.01. The van der Waals surface area contributed by atoms with Crippen LogP contribution in [0.15, 0.2) is 54.6 Å². The molecule has 0 amide bonds. The summed E-state index contributed by atoms with van der Waals surface area (Å²) in [5.41, 5.74) is 5.28. The lowest BCUT2D eigenvalue weighted by Gasteiger charge is -2.23. The van der Waals surface area contributed by atoms with Gasteiger partial charge in [-0.2, -0.15) is 0 Å². The van der Waals surface area contributed by atoms with Crippen LogP contribution in [0.4, 0.5) is 5.69 Å². The number of para-hydroxylation sites is 1. The van der Waals surface area contributed by atoms with E-state index < -0.39 is 5.97 Å². The second-order valence-corrected chi connectivity index (χ2v) is 8.43. The van der Waals surface area contributed by atoms with E-state index in [0.29, 0.717) is 23.7 Å². The number of nitrogens with zero attached hydrogens (tertiary/aromatic N) is 2. The molecule has 0 spiro atoms. The zero-order valence-corrected chi connectivity index (χ0v) is 19.8. The fraction of sp³-hybridized carbons (Fsp3) is 0.346. The number of benzene rings is 2. The van der Waals surface area contributed by atoms with Crippen molar-refractivity contribution in [1.82, 2.24) is 9.88 Å². The summed E-state index contributed by atoms with van der Waals surface area (Å²) < 4.78 is 2.07. The molecule has 1 aromatic heterocycles. The van der Waals surface area contributed by atoms with Crippen LogP contribution in [0.3, 0.4) is 0 Å². The van der Waals surface area contributed by atoms with Crippen LogP contribution < -0.4 is 10.2 Å². The molecule has 0 unspecified atom stereocenters. The van der Waals surface area contributed by atoms with Crippen molar-refractivity contribution in [3.05, 3.63) is 87.7 Å². The van der Waals surface area contributed by atoms with Crippen LogP contribution in [-0.4, -0.2) is 35.3 Å². The van der Waals surface area contributed by atoms with E-state index in [4.69, 9.17) is 11.6 Å². The third-order valence-corrected chi connectivity index (χ3v) is 6.18. The zero-order valence-electron chi connectivity index (χ0n) is 19.1. The van der Waals surface area contributed by atoms with Gasteiger partial charge in [-0.15, -0.1) is 0 Å². The van der Waals surface area contributed by atoms with Crippen molar-refractivity contribution in [1.29, 1.82) is 0 Å². The first-order valence-electron chi connectivity index (χ1n) is 11.1. The molecule has 32 heavy (non-hydrogen) atoms. The van der Waals surface area contributed by atoms with E-state index in [1.54, 1.807) is 0 Å². The monoisotopic (exact) mass is 453 g/mol. The molecule has 0 saturated carbocycles. The van der Waals surface area contributed by atoms with Crippen LogP contribution in [0.1, 0.15) is 46.2 Å². The van der Waals surface area contributed by atoms with Crippen molar-refractivity contribution >= 4 is 23.3 Å². The molecule has 2 aromatic carbocycles. The van der Waals surface area contributed by atoms with Crippen LogP contribution in [0, 0.1) is 13.8 Å². The summed E-state index contributed by atoms with van der Waals surface area (Å²) in [5.74, 6) is -0.881. The Morgan fingerprint density at radius 3 is 2.50 bits per heavy atom. The quantitative estimate of drug-likeness (QED) is 0.376. The van der Waals surface area contributed by atoms with Crippen molar-refractivity contribution in [3.8, 4) is 0 Å². The number of halogens is 1. The molecule has 0 aliphatic carbocycles. The molecule has 0 atom stereocenters. The Hall–Kier alpha value is -2.76. The maximum absolute atomic E-state index is 12.0. The van der Waals surface area contributed by atoms with Crippen molar-refractivity contribution in [2.75, 3.05) is 24.5 Å². The molecule has 6 heteroatoms. The van der Waals surface area contributed by atoms with E-state index >= 15 is 0 Å². The highest BCUT2D eigenvalue weighted by Gasteiger charge is 2.22. The number of aromatic carboxylic acids is 1. The summed E-state index contributed by atoms with van der Waals surface area (Å²) in [6.07, 6.45) is 0.979. The summed E-state index contributed by atoms with van der Waals surface area (Å²) in [6.45, 7) is 9.90. The van der Waals surface area contributed by atoms with Gasteiger partial charge in [0.2, 0.25) is 0 Å². The highest BCUT2D eigenvalue weighted by Crippen LogP contribution is 2.24. The lowest BCUT2D eigenvalue weighted by molar-refractivity contribution is 0.0694. The smallest absolute Gasteiger partial charge is 0.337 e. The van der Waals surface area contributed by atoms with Gasteiger partial charge < -0.3 is 19.9 Å². The third kappa shape index (κ3) is 5.72. The molecular weight excluding hydrogens is 422 g/mol. The van der Waals surface area contributed by atoms with Gasteiger partial charge in [0.1, 0.15) is 0 Å². The average molecular weight is 454 g/mol. The first-order chi connectivity index (χ1) is 15.4. The summed E-state index contributed by atoms with van der Waals surface area (Å²) in [5, 5.41) is 14.0. The van der Waals surface area contributed by atoms with Crippen LogP contribution in [0.2, 0.25) is 5.02 Å². The molecule has 2 N–H and O–H groups in total. The Labute approximate surface area is 195 Å². The minimum Gasteiger partial charge on any atom is -0.478 e. The summed E-state index contributed by atoms with van der Waals surface area (Å²) >= 11 is 6.13. The van der Waals surface area contributed by atoms with Crippen LogP contribution in [-0.2, 0) is 13.1 Å². The molecule has 0 fully saturated rings. The van der Waals surface area contributed by atoms with Crippen LogP contribution >= 0.6 is 11.6 Å². The first kappa shape index (κ1) is 23.9. The summed E-state index contributed by atoms with van der Waals surface area (Å²) in [7, 11) is 0. The third-order valence-electron chi connectivity index (χ3n) is 5.94. The lowest BCUT2D eigenvalue weighted by Crippen LogP contribution is -2.27. The van der Waals surface area contributed by atoms with Gasteiger partial charge in [-0.25, -0.2) is 4.79 Å². The number of hydrogen-bond acceptors (Lipinski definition) is 3. The standard InChI is InChI=1S/C26H32ClN3O2/c1-4-29(23-12-6-5-7-13-23)15-9-14-28-17-24-19(2)30(20(3)25(24)26(31)32)18-21-10-8-11-22(27)16-21/h5-8,10-13,16,28H,4,9,14-15,17-18H2,1-3H3,(H,31,32). The van der Waals surface area contributed by atoms with Crippen molar-refractivity contribution in [3.63, 3.8) is 0 Å². The Kier molecular flexibility index (Phi) is 8.37. The molecular formula is C26H32ClN3O2. The van der Waals surface area contributed by atoms with Gasteiger partial charge in [0.15, 0.2) is 0 Å². The van der Waals surface area contributed by atoms with Crippen molar-refractivity contribution in [2.45, 2.75) is 40.3 Å². The number of nitrogens with one attached hydrogen (secondary N) is 1. The highest BCUT2D eigenvalue weighted by atomic mass is 35.5. The predicted molar refractivity (Wildman–Crippen MR) is 132 cm³/mol. The Morgan fingerprint density at radius 2 is 1.84 bits per heavy atom. The molecule has 3 rings (SSSR count). The Balaban J connectivity index is 1.65. The summed E-state index contributed by atoms with van der Waals surface area (Å²) in [6, 6.07) is 18.1. The van der Waals surface area contributed by atoms with E-state index in [-0.39, 0.29) is 0 Å². The number of hydrogen-bond donors (Lipinski definition) is 2. The molecule has 0 radical (unpaired) electrons. The zero-order chi connectivity index (χ0) is 23.1. The number of carboxylic acids is 1. The van der Waals surface area contributed by atoms with E-state index in [1.165, 1.54) is 5.69 Å². The number of anilines is 1. The number of carbonyl (C=O) groups is 1. The van der Waals surface area contributed by atoms with E-state index in [9.17, 15) is 9.90 Å². The molecule has 1 heterocycles. The number of aromatic nitrogens is 1. The largest absolute Gasteiger partial charge is 0.478 e. The van der Waals surface area contributed by atoms with Gasteiger partial charge in [0, 0.05) is 53.8 Å². The minimum atomic E-state index is -0.881. The number of rotatable bonds is 11. The number of carboxylic acid groups (broad SMARTS) is 1. The van der Waals surface area contributed by atoms with Gasteiger partial charge in [0.05, 0.1) is 5.56 Å². The topological polar surface area (TPSA) is 57.5 Å². The maximum atomic E-state index is 12.0. The van der Waals surface area contributed by atoms with Gasteiger partial charge in [-0.3, -0.25) is 0 Å². The molecule has 0 saturated heterocycles. The van der Waals surface area contributed by atoms with Gasteiger partial charge in [-0.05, 0) is 63.6 Å². The molecule has 0 aliphatic heterocycles. The SMILES string of the molecule is CCN(CCCNCc1c(C(=O)O)c(C)n(Cc2cccc(Cl)c2)c1C)c1ccccc1. The second-order valence-electron chi connectivity index (χ2n) is 7.99. The van der Waals surface area contributed by atoms with Gasteiger partial charge in [0.25, 0.3) is 0 Å². The molecule has 0 bridgehead atoms. The van der Waals surface area contributed by atoms with Crippen molar-refractivity contribution in [2.24, 2.45) is 0 Å². The van der Waals surface area contributed by atoms with E-state index in [1.807, 2.05) is 44.2 Å². The minimum absolute atomic E-state index is 0.400. The molecule has 5 nitrogen and oxygen atoms in total. The summed E-state index contributed by atoms with van der Waals surface area (Å²) in [4.78, 5) is 14.4. The molecule has 170 valence electrons. The Bertz CT molecular complexity index is 1050. The lowest BCUT2D eigenvalue weighted by atomic mass is 10.1. The van der Waals surface area contributed by atoms with E-state index in [2.05, 4.69) is 46.0 Å². The molecule has 0 aliphatic rings. The van der Waals surface area contributed by atoms with Crippen LogP contribution in [0.5, 0.6) is 0 Å². The Morgan fingerprint density at radius 1 is 1.09 bits per heavy atom. The normalized spacial score (nSPS) is 11.0. The fourth-order valence-corrected chi connectivity index (χ4v) is 4.43. The second kappa shape index (κ2) is 11.2.